The highest BCUT2D eigenvalue weighted by molar-refractivity contribution is 7.89. The molecule has 2 aromatic carbocycles. The number of rotatable bonds is 14. The van der Waals surface area contributed by atoms with Crippen LogP contribution in [0.25, 0.3) is 0 Å². The van der Waals surface area contributed by atoms with E-state index >= 15 is 0 Å². The average molecular weight is 602 g/mol. The van der Waals surface area contributed by atoms with E-state index in [9.17, 15) is 18.3 Å². The maximum atomic E-state index is 14.1. The van der Waals surface area contributed by atoms with Crippen molar-refractivity contribution >= 4 is 16.1 Å². The Hall–Kier alpha value is -3.58. The van der Waals surface area contributed by atoms with E-state index in [0.29, 0.717) is 44.1 Å². The first-order valence-corrected chi connectivity index (χ1v) is 15.3. The first-order chi connectivity index (χ1) is 20.1. The second-order valence-electron chi connectivity index (χ2n) is 11.0. The van der Waals surface area contributed by atoms with Gasteiger partial charge < -0.3 is 34.8 Å². The van der Waals surface area contributed by atoms with E-state index < -0.39 is 33.7 Å². The van der Waals surface area contributed by atoms with Crippen LogP contribution in [0, 0.1) is 5.41 Å². The van der Waals surface area contributed by atoms with Gasteiger partial charge in [-0.2, -0.15) is 4.31 Å². The van der Waals surface area contributed by atoms with E-state index in [1.54, 1.807) is 6.07 Å². The Labute approximate surface area is 246 Å². The molecule has 0 bridgehead atoms. The minimum absolute atomic E-state index is 0.0144. The Morgan fingerprint density at radius 2 is 1.86 bits per heavy atom. The summed E-state index contributed by atoms with van der Waals surface area (Å²) in [5.74, 6) is 1.01. The van der Waals surface area contributed by atoms with E-state index in [2.05, 4.69) is 5.32 Å². The number of aliphatic hydroxyl groups excluding tert-OH is 1. The van der Waals surface area contributed by atoms with E-state index in [4.69, 9.17) is 24.4 Å². The van der Waals surface area contributed by atoms with Crippen LogP contribution in [0.3, 0.4) is 0 Å². The smallest absolute Gasteiger partial charge is 0.413 e. The fourth-order valence-electron chi connectivity index (χ4n) is 4.80. The molecule has 2 atom stereocenters. The molecule has 1 aromatic heterocycles. The Balaban J connectivity index is 1.61. The molecule has 0 radical (unpaired) electrons. The van der Waals surface area contributed by atoms with Crippen molar-refractivity contribution in [2.45, 2.75) is 50.2 Å². The number of hydrogen-bond acceptors (Lipinski definition) is 9. The number of nitrogens with zero attached hydrogens (tertiary/aromatic N) is 1. The molecule has 3 aromatic rings. The topological polar surface area (TPSA) is 154 Å². The molecule has 1 aliphatic rings. The SMILES string of the molecule is CC(C)(CCCN)CN(C[C@H](O)[C@H](Cc1ccccc1)NC(=O)Oc1ccoc1)S(=O)(=O)c1ccc2c(c1)OCCO2. The molecule has 0 spiro atoms. The molecule has 1 aliphatic heterocycles. The minimum atomic E-state index is -4.11. The summed E-state index contributed by atoms with van der Waals surface area (Å²) in [6.45, 7) is 4.92. The number of sulfonamides is 1. The van der Waals surface area contributed by atoms with Crippen molar-refractivity contribution in [3.63, 3.8) is 0 Å². The molecule has 4 N–H and O–H groups in total. The van der Waals surface area contributed by atoms with Crippen LogP contribution >= 0.6 is 0 Å². The first kappa shape index (κ1) is 31.4. The molecule has 4 rings (SSSR count). The fraction of sp³-hybridized carbons (Fsp3) is 0.433. The molecule has 42 heavy (non-hydrogen) atoms. The van der Waals surface area contributed by atoms with Crippen LogP contribution in [0.4, 0.5) is 4.79 Å². The lowest BCUT2D eigenvalue weighted by atomic mass is 9.87. The van der Waals surface area contributed by atoms with Gasteiger partial charge in [-0.05, 0) is 48.9 Å². The number of fused-ring (bicyclic) bond motifs is 1. The van der Waals surface area contributed by atoms with Gasteiger partial charge in [0.2, 0.25) is 10.0 Å². The maximum absolute atomic E-state index is 14.1. The molecular weight excluding hydrogens is 562 g/mol. The number of amides is 1. The van der Waals surface area contributed by atoms with Gasteiger partial charge in [-0.25, -0.2) is 13.2 Å². The summed E-state index contributed by atoms with van der Waals surface area (Å²) in [4.78, 5) is 12.8. The average Bonchev–Trinajstić information content (AvgIpc) is 3.48. The number of aliphatic hydroxyl groups is 1. The highest BCUT2D eigenvalue weighted by atomic mass is 32.2. The molecule has 11 nitrogen and oxygen atoms in total. The predicted molar refractivity (Wildman–Crippen MR) is 156 cm³/mol. The Morgan fingerprint density at radius 3 is 2.55 bits per heavy atom. The molecule has 0 saturated carbocycles. The fourth-order valence-corrected chi connectivity index (χ4v) is 6.47. The Kier molecular flexibility index (Phi) is 10.5. The third kappa shape index (κ3) is 8.48. The number of nitrogens with two attached hydrogens (primary N) is 1. The molecule has 1 amide bonds. The van der Waals surface area contributed by atoms with Gasteiger partial charge in [0.15, 0.2) is 17.2 Å². The van der Waals surface area contributed by atoms with E-state index in [1.165, 1.54) is 35.0 Å². The number of carbonyl (C=O) groups is 1. The Morgan fingerprint density at radius 1 is 1.12 bits per heavy atom. The number of hydrogen-bond donors (Lipinski definition) is 3. The summed E-state index contributed by atoms with van der Waals surface area (Å²) in [5.41, 5.74) is 6.13. The van der Waals surface area contributed by atoms with Gasteiger partial charge in [-0.3, -0.25) is 0 Å². The van der Waals surface area contributed by atoms with Gasteiger partial charge >= 0.3 is 6.09 Å². The van der Waals surface area contributed by atoms with Gasteiger partial charge in [0.05, 0.1) is 23.3 Å². The van der Waals surface area contributed by atoms with E-state index in [0.717, 1.165) is 5.56 Å². The number of benzene rings is 2. The maximum Gasteiger partial charge on any atom is 0.413 e. The molecule has 12 heteroatoms. The van der Waals surface area contributed by atoms with Crippen LogP contribution < -0.4 is 25.3 Å². The zero-order valence-electron chi connectivity index (χ0n) is 23.9. The van der Waals surface area contributed by atoms with Crippen LogP contribution in [-0.4, -0.2) is 68.9 Å². The summed E-state index contributed by atoms with van der Waals surface area (Å²) in [6, 6.07) is 14.4. The van der Waals surface area contributed by atoms with Gasteiger partial charge in [0, 0.05) is 25.2 Å². The summed E-state index contributed by atoms with van der Waals surface area (Å²) in [5, 5.41) is 14.2. The molecule has 0 saturated heterocycles. The van der Waals surface area contributed by atoms with Crippen molar-refractivity contribution in [3.05, 3.63) is 72.7 Å². The highest BCUT2D eigenvalue weighted by Gasteiger charge is 2.35. The lowest BCUT2D eigenvalue weighted by Gasteiger charge is -2.35. The number of ether oxygens (including phenoxy) is 3. The van der Waals surface area contributed by atoms with Crippen molar-refractivity contribution < 1.29 is 36.9 Å². The van der Waals surface area contributed by atoms with Crippen LogP contribution in [0.5, 0.6) is 17.2 Å². The lowest BCUT2D eigenvalue weighted by molar-refractivity contribution is 0.0913. The monoisotopic (exact) mass is 601 g/mol. The second-order valence-corrected chi connectivity index (χ2v) is 13.0. The largest absolute Gasteiger partial charge is 0.486 e. The number of nitrogens with one attached hydrogen (secondary N) is 1. The zero-order chi connectivity index (χ0) is 30.2. The molecule has 2 heterocycles. The molecule has 0 unspecified atom stereocenters. The standard InChI is InChI=1S/C30H39N3O8S/c1-30(2,12-6-13-31)21-33(42(36,37)24-9-10-27-28(18-24)40-16-15-39-27)19-26(34)25(17-22-7-4-3-5-8-22)32-29(35)41-23-11-14-38-20-23/h3-5,7-11,14,18,20,25-26,34H,6,12-13,15-17,19,21,31H2,1-2H3,(H,32,35)/t25-,26-/m0/s1. The number of furan rings is 1. The molecular formula is C30H39N3O8S. The van der Waals surface area contributed by atoms with Crippen molar-refractivity contribution in [1.82, 2.24) is 9.62 Å². The van der Waals surface area contributed by atoms with Crippen LogP contribution in [0.1, 0.15) is 32.3 Å². The van der Waals surface area contributed by atoms with Crippen molar-refractivity contribution in [2.24, 2.45) is 11.1 Å². The Bertz CT molecular complexity index is 1400. The summed E-state index contributed by atoms with van der Waals surface area (Å²) < 4.78 is 50.9. The zero-order valence-corrected chi connectivity index (χ0v) is 24.7. The van der Waals surface area contributed by atoms with E-state index in [-0.39, 0.29) is 30.2 Å². The lowest BCUT2D eigenvalue weighted by Crippen LogP contribution is -2.52. The molecule has 0 fully saturated rings. The third-order valence-corrected chi connectivity index (χ3v) is 8.78. The van der Waals surface area contributed by atoms with Crippen LogP contribution in [-0.2, 0) is 16.4 Å². The first-order valence-electron chi connectivity index (χ1n) is 13.9. The minimum Gasteiger partial charge on any atom is -0.486 e. The van der Waals surface area contributed by atoms with Crippen molar-refractivity contribution in [2.75, 3.05) is 32.8 Å². The van der Waals surface area contributed by atoms with Gasteiger partial charge in [-0.1, -0.05) is 44.2 Å². The number of carbonyl (C=O) groups excluding carboxylic acids is 1. The van der Waals surface area contributed by atoms with Crippen molar-refractivity contribution in [3.8, 4) is 17.2 Å². The van der Waals surface area contributed by atoms with Gasteiger partial charge in [0.1, 0.15) is 19.5 Å². The van der Waals surface area contributed by atoms with Gasteiger partial charge in [-0.15, -0.1) is 0 Å². The predicted octanol–water partition coefficient (Wildman–Crippen LogP) is 3.57. The van der Waals surface area contributed by atoms with Crippen molar-refractivity contribution in [1.29, 1.82) is 0 Å². The second kappa shape index (κ2) is 14.1. The normalized spacial score (nSPS) is 14.8. The highest BCUT2D eigenvalue weighted by Crippen LogP contribution is 2.34. The third-order valence-electron chi connectivity index (χ3n) is 6.98. The summed E-state index contributed by atoms with van der Waals surface area (Å²) in [7, 11) is -4.11. The van der Waals surface area contributed by atoms with E-state index in [1.807, 2.05) is 44.2 Å². The van der Waals surface area contributed by atoms with Gasteiger partial charge in [0.25, 0.3) is 0 Å². The quantitative estimate of drug-likeness (QED) is 0.252. The summed E-state index contributed by atoms with van der Waals surface area (Å²) >= 11 is 0. The summed E-state index contributed by atoms with van der Waals surface area (Å²) in [6.07, 6.45) is 2.16. The molecule has 228 valence electrons. The molecule has 0 aliphatic carbocycles. The van der Waals surface area contributed by atoms with Crippen LogP contribution in [0.2, 0.25) is 0 Å². The van der Waals surface area contributed by atoms with Crippen LogP contribution in [0.15, 0.2) is 76.4 Å².